The number of hydrogen-bond donors (Lipinski definition) is 2. The summed E-state index contributed by atoms with van der Waals surface area (Å²) in [5, 5.41) is 2.80. The number of benzene rings is 1. The Kier molecular flexibility index (Phi) is 5.76. The maximum Gasteiger partial charge on any atom is 0.255 e. The van der Waals surface area contributed by atoms with Gasteiger partial charge in [-0.25, -0.2) is 0 Å². The highest BCUT2D eigenvalue weighted by Gasteiger charge is 2.29. The van der Waals surface area contributed by atoms with Crippen LogP contribution in [0.3, 0.4) is 0 Å². The molecule has 1 heterocycles. The number of nitrogens with two attached hydrogens (primary N) is 1. The standard InChI is InChI=1S/C15H20BrN3O2/c16-13-6-2-1-5-12(13)15(21)19-9-3-4-11(10-19)14(20)18-8-7-17/h1-2,5-6,11H,3-4,7-10,17H2,(H,18,20). The van der Waals surface area contributed by atoms with Crippen molar-refractivity contribution >= 4 is 27.7 Å². The number of nitrogens with zero attached hydrogens (tertiary/aromatic N) is 1. The number of hydrogen-bond acceptors (Lipinski definition) is 3. The van der Waals surface area contributed by atoms with E-state index in [-0.39, 0.29) is 17.7 Å². The average molecular weight is 354 g/mol. The summed E-state index contributed by atoms with van der Waals surface area (Å²) in [5.74, 6) is -0.180. The van der Waals surface area contributed by atoms with Crippen LogP contribution in [-0.2, 0) is 4.79 Å². The third-order valence-electron chi connectivity index (χ3n) is 3.63. The third kappa shape index (κ3) is 4.04. The van der Waals surface area contributed by atoms with Crippen molar-refractivity contribution in [2.24, 2.45) is 11.7 Å². The SMILES string of the molecule is NCCNC(=O)C1CCCN(C(=O)c2ccccc2Br)C1. The summed E-state index contributed by atoms with van der Waals surface area (Å²) in [4.78, 5) is 26.3. The molecule has 2 amide bonds. The van der Waals surface area contributed by atoms with Crippen LogP contribution in [0.2, 0.25) is 0 Å². The monoisotopic (exact) mass is 353 g/mol. The van der Waals surface area contributed by atoms with Crippen molar-refractivity contribution in [3.63, 3.8) is 0 Å². The molecule has 0 aliphatic carbocycles. The second kappa shape index (κ2) is 7.56. The lowest BCUT2D eigenvalue weighted by Crippen LogP contribution is -2.46. The Labute approximate surface area is 133 Å². The number of carbonyl (C=O) groups is 2. The average Bonchev–Trinajstić information content (AvgIpc) is 2.52. The van der Waals surface area contributed by atoms with Crippen LogP contribution in [0.4, 0.5) is 0 Å². The van der Waals surface area contributed by atoms with Gasteiger partial charge in [-0.05, 0) is 40.9 Å². The molecule has 1 aliphatic rings. The number of carbonyl (C=O) groups excluding carboxylic acids is 2. The van der Waals surface area contributed by atoms with Gasteiger partial charge in [-0.2, -0.15) is 0 Å². The van der Waals surface area contributed by atoms with Gasteiger partial charge in [0.2, 0.25) is 5.91 Å². The molecule has 1 saturated heterocycles. The molecule has 0 bridgehead atoms. The van der Waals surface area contributed by atoms with Crippen LogP contribution in [-0.4, -0.2) is 42.9 Å². The largest absolute Gasteiger partial charge is 0.355 e. The van der Waals surface area contributed by atoms with Crippen LogP contribution in [0.5, 0.6) is 0 Å². The third-order valence-corrected chi connectivity index (χ3v) is 4.32. The van der Waals surface area contributed by atoms with Crippen LogP contribution < -0.4 is 11.1 Å². The summed E-state index contributed by atoms with van der Waals surface area (Å²) in [5.41, 5.74) is 6.03. The quantitative estimate of drug-likeness (QED) is 0.858. The van der Waals surface area contributed by atoms with Crippen molar-refractivity contribution in [1.82, 2.24) is 10.2 Å². The van der Waals surface area contributed by atoms with Crippen LogP contribution in [0.1, 0.15) is 23.2 Å². The molecule has 6 heteroatoms. The van der Waals surface area contributed by atoms with Gasteiger partial charge < -0.3 is 16.0 Å². The summed E-state index contributed by atoms with van der Waals surface area (Å²) >= 11 is 3.40. The molecule has 114 valence electrons. The van der Waals surface area contributed by atoms with Gasteiger partial charge in [0, 0.05) is 30.7 Å². The van der Waals surface area contributed by atoms with Gasteiger partial charge >= 0.3 is 0 Å². The van der Waals surface area contributed by atoms with Crippen molar-refractivity contribution < 1.29 is 9.59 Å². The molecule has 0 aromatic heterocycles. The first-order valence-electron chi connectivity index (χ1n) is 7.15. The highest BCUT2D eigenvalue weighted by atomic mass is 79.9. The first-order chi connectivity index (χ1) is 10.1. The molecule has 0 saturated carbocycles. The van der Waals surface area contributed by atoms with Gasteiger partial charge in [-0.1, -0.05) is 12.1 Å². The Morgan fingerprint density at radius 1 is 1.38 bits per heavy atom. The van der Waals surface area contributed by atoms with Crippen molar-refractivity contribution in [3.8, 4) is 0 Å². The maximum atomic E-state index is 12.5. The van der Waals surface area contributed by atoms with Crippen molar-refractivity contribution in [2.45, 2.75) is 12.8 Å². The zero-order chi connectivity index (χ0) is 15.2. The van der Waals surface area contributed by atoms with Gasteiger partial charge in [-0.3, -0.25) is 9.59 Å². The van der Waals surface area contributed by atoms with Gasteiger partial charge in [0.15, 0.2) is 0 Å². The molecule has 1 unspecified atom stereocenters. The Balaban J connectivity index is 2.02. The summed E-state index contributed by atoms with van der Waals surface area (Å²) in [6, 6.07) is 7.36. The van der Waals surface area contributed by atoms with Gasteiger partial charge in [-0.15, -0.1) is 0 Å². The number of piperidine rings is 1. The molecule has 0 spiro atoms. The predicted molar refractivity (Wildman–Crippen MR) is 84.8 cm³/mol. The second-order valence-electron chi connectivity index (χ2n) is 5.15. The Bertz CT molecular complexity index is 521. The maximum absolute atomic E-state index is 12.5. The molecular weight excluding hydrogens is 334 g/mol. The zero-order valence-electron chi connectivity index (χ0n) is 11.8. The smallest absolute Gasteiger partial charge is 0.255 e. The molecule has 1 fully saturated rings. The summed E-state index contributed by atoms with van der Waals surface area (Å²) < 4.78 is 0.782. The number of likely N-dealkylation sites (tertiary alicyclic amines) is 1. The van der Waals surface area contributed by atoms with Crippen molar-refractivity contribution in [1.29, 1.82) is 0 Å². The fourth-order valence-corrected chi connectivity index (χ4v) is 2.97. The van der Waals surface area contributed by atoms with E-state index in [0.717, 1.165) is 17.3 Å². The topological polar surface area (TPSA) is 75.4 Å². The zero-order valence-corrected chi connectivity index (χ0v) is 13.4. The molecule has 1 aliphatic heterocycles. The van der Waals surface area contributed by atoms with E-state index in [0.29, 0.717) is 31.7 Å². The Morgan fingerprint density at radius 2 is 2.14 bits per heavy atom. The molecule has 0 radical (unpaired) electrons. The van der Waals surface area contributed by atoms with E-state index in [1.807, 2.05) is 18.2 Å². The minimum Gasteiger partial charge on any atom is -0.355 e. The molecule has 5 nitrogen and oxygen atoms in total. The van der Waals surface area contributed by atoms with E-state index in [1.54, 1.807) is 11.0 Å². The summed E-state index contributed by atoms with van der Waals surface area (Å²) in [6.45, 7) is 2.07. The van der Waals surface area contributed by atoms with E-state index in [4.69, 9.17) is 5.73 Å². The first-order valence-corrected chi connectivity index (χ1v) is 7.94. The molecular formula is C15H20BrN3O2. The normalized spacial score (nSPS) is 18.4. The number of nitrogens with one attached hydrogen (secondary N) is 1. The minimum atomic E-state index is -0.142. The van der Waals surface area contributed by atoms with E-state index >= 15 is 0 Å². The minimum absolute atomic E-state index is 0.00919. The number of halogens is 1. The fourth-order valence-electron chi connectivity index (χ4n) is 2.52. The van der Waals surface area contributed by atoms with Crippen molar-refractivity contribution in [3.05, 3.63) is 34.3 Å². The summed E-state index contributed by atoms with van der Waals surface area (Å²) in [6.07, 6.45) is 1.66. The Morgan fingerprint density at radius 3 is 2.86 bits per heavy atom. The lowest BCUT2D eigenvalue weighted by Gasteiger charge is -2.32. The predicted octanol–water partition coefficient (Wildman–Crippen LogP) is 1.38. The van der Waals surface area contributed by atoms with E-state index in [9.17, 15) is 9.59 Å². The fraction of sp³-hybridized carbons (Fsp3) is 0.467. The van der Waals surface area contributed by atoms with Gasteiger partial charge in [0.25, 0.3) is 5.91 Å². The van der Waals surface area contributed by atoms with Crippen LogP contribution in [0.15, 0.2) is 28.7 Å². The first kappa shape index (κ1) is 16.0. The second-order valence-corrected chi connectivity index (χ2v) is 6.00. The molecule has 21 heavy (non-hydrogen) atoms. The highest BCUT2D eigenvalue weighted by molar-refractivity contribution is 9.10. The molecule has 1 aromatic rings. The number of rotatable bonds is 4. The van der Waals surface area contributed by atoms with Crippen molar-refractivity contribution in [2.75, 3.05) is 26.2 Å². The highest BCUT2D eigenvalue weighted by Crippen LogP contribution is 2.22. The molecule has 2 rings (SSSR count). The van der Waals surface area contributed by atoms with Crippen LogP contribution >= 0.6 is 15.9 Å². The lowest BCUT2D eigenvalue weighted by atomic mass is 9.96. The van der Waals surface area contributed by atoms with E-state index in [1.165, 1.54) is 0 Å². The Hall–Kier alpha value is -1.40. The van der Waals surface area contributed by atoms with Gasteiger partial charge in [0.1, 0.15) is 0 Å². The molecule has 1 aromatic carbocycles. The lowest BCUT2D eigenvalue weighted by molar-refractivity contribution is -0.126. The molecule has 3 N–H and O–H groups in total. The van der Waals surface area contributed by atoms with E-state index < -0.39 is 0 Å². The summed E-state index contributed by atoms with van der Waals surface area (Å²) in [7, 11) is 0. The van der Waals surface area contributed by atoms with Crippen LogP contribution in [0.25, 0.3) is 0 Å². The molecule has 1 atom stereocenters. The number of amides is 2. The van der Waals surface area contributed by atoms with Crippen LogP contribution in [0, 0.1) is 5.92 Å². The van der Waals surface area contributed by atoms with Gasteiger partial charge in [0.05, 0.1) is 11.5 Å². The van der Waals surface area contributed by atoms with E-state index in [2.05, 4.69) is 21.2 Å².